The van der Waals surface area contributed by atoms with Gasteiger partial charge in [0.2, 0.25) is 5.91 Å². The molecule has 3 N–H and O–H groups in total. The number of anilines is 3. The molecule has 2 aromatic carbocycles. The minimum Gasteiger partial charge on any atom is -0.370 e. The van der Waals surface area contributed by atoms with Gasteiger partial charge < -0.3 is 20.9 Å². The van der Waals surface area contributed by atoms with Crippen molar-refractivity contribution in [1.29, 1.82) is 0 Å². The summed E-state index contributed by atoms with van der Waals surface area (Å²) in [6.45, 7) is 2.95. The number of nitrogens with zero attached hydrogens (tertiary/aromatic N) is 2. The van der Waals surface area contributed by atoms with Crippen molar-refractivity contribution in [3.63, 3.8) is 0 Å². The molecule has 3 aromatic rings. The normalized spacial score (nSPS) is 10.3. The van der Waals surface area contributed by atoms with Gasteiger partial charge in [0.25, 0.3) is 0 Å². The van der Waals surface area contributed by atoms with E-state index in [1.165, 1.54) is 5.56 Å². The van der Waals surface area contributed by atoms with Crippen molar-refractivity contribution < 1.29 is 9.59 Å². The Morgan fingerprint density at radius 1 is 0.935 bits per heavy atom. The van der Waals surface area contributed by atoms with Crippen molar-refractivity contribution in [2.75, 3.05) is 29.1 Å². The second-order valence-electron chi connectivity index (χ2n) is 7.29. The van der Waals surface area contributed by atoms with Crippen LogP contribution >= 0.6 is 0 Å². The third-order valence-electron chi connectivity index (χ3n) is 4.64. The summed E-state index contributed by atoms with van der Waals surface area (Å²) in [5.41, 5.74) is 3.99. The molecule has 0 aliphatic heterocycles. The van der Waals surface area contributed by atoms with Gasteiger partial charge in [-0.25, -0.2) is 9.78 Å². The van der Waals surface area contributed by atoms with Crippen molar-refractivity contribution in [3.05, 3.63) is 84.1 Å². The van der Waals surface area contributed by atoms with Crippen molar-refractivity contribution in [3.8, 4) is 0 Å². The lowest BCUT2D eigenvalue weighted by Crippen LogP contribution is -2.31. The van der Waals surface area contributed by atoms with Crippen LogP contribution in [0.1, 0.15) is 17.5 Å². The van der Waals surface area contributed by atoms with Gasteiger partial charge in [0.1, 0.15) is 5.82 Å². The van der Waals surface area contributed by atoms with E-state index in [0.717, 1.165) is 17.8 Å². The zero-order valence-corrected chi connectivity index (χ0v) is 17.8. The highest BCUT2D eigenvalue weighted by atomic mass is 16.2. The van der Waals surface area contributed by atoms with Gasteiger partial charge in [-0.3, -0.25) is 4.79 Å². The summed E-state index contributed by atoms with van der Waals surface area (Å²) in [5.74, 6) is 0.292. The average molecular weight is 418 g/mol. The monoisotopic (exact) mass is 417 g/mol. The van der Waals surface area contributed by atoms with E-state index in [4.69, 9.17) is 0 Å². The Balaban J connectivity index is 1.40. The molecule has 0 spiro atoms. The number of carbonyl (C=O) groups excluding carboxylic acids is 2. The Labute approximate surface area is 182 Å². The summed E-state index contributed by atoms with van der Waals surface area (Å²) < 4.78 is 0. The zero-order valence-electron chi connectivity index (χ0n) is 17.8. The SMILES string of the molecule is Cc1ccc(NC(=O)CCNC(=O)Nc2ccc(N(C)Cc3ccccc3)cc2)nc1. The van der Waals surface area contributed by atoms with Crippen LogP contribution in [0.4, 0.5) is 22.0 Å². The molecule has 0 radical (unpaired) electrons. The minimum atomic E-state index is -0.355. The Morgan fingerprint density at radius 3 is 2.35 bits per heavy atom. The molecule has 0 fully saturated rings. The molecular weight excluding hydrogens is 390 g/mol. The first kappa shape index (κ1) is 21.8. The number of pyridine rings is 1. The maximum absolute atomic E-state index is 12.1. The van der Waals surface area contributed by atoms with E-state index in [-0.39, 0.29) is 24.9 Å². The summed E-state index contributed by atoms with van der Waals surface area (Å²) in [5, 5.41) is 8.16. The number of rotatable bonds is 8. The summed E-state index contributed by atoms with van der Waals surface area (Å²) >= 11 is 0. The maximum atomic E-state index is 12.1. The minimum absolute atomic E-state index is 0.159. The van der Waals surface area contributed by atoms with Crippen LogP contribution in [0.3, 0.4) is 0 Å². The van der Waals surface area contributed by atoms with E-state index in [0.29, 0.717) is 11.5 Å². The molecule has 0 saturated carbocycles. The third kappa shape index (κ3) is 7.15. The Kier molecular flexibility index (Phi) is 7.59. The van der Waals surface area contributed by atoms with Crippen molar-refractivity contribution >= 4 is 29.1 Å². The highest BCUT2D eigenvalue weighted by Gasteiger charge is 2.07. The fourth-order valence-electron chi connectivity index (χ4n) is 2.96. The van der Waals surface area contributed by atoms with E-state index in [1.54, 1.807) is 12.3 Å². The number of hydrogen-bond acceptors (Lipinski definition) is 4. The lowest BCUT2D eigenvalue weighted by atomic mass is 10.2. The van der Waals surface area contributed by atoms with E-state index in [1.807, 2.05) is 62.5 Å². The van der Waals surface area contributed by atoms with Crippen LogP contribution in [0.15, 0.2) is 72.9 Å². The number of amides is 3. The van der Waals surface area contributed by atoms with Crippen LogP contribution in [0.25, 0.3) is 0 Å². The molecule has 7 nitrogen and oxygen atoms in total. The number of carbonyl (C=O) groups is 2. The maximum Gasteiger partial charge on any atom is 0.319 e. The largest absolute Gasteiger partial charge is 0.370 e. The summed E-state index contributed by atoms with van der Waals surface area (Å²) in [6, 6.07) is 21.1. The summed E-state index contributed by atoms with van der Waals surface area (Å²) in [6.07, 6.45) is 1.85. The first-order valence-corrected chi connectivity index (χ1v) is 10.1. The lowest BCUT2D eigenvalue weighted by Gasteiger charge is -2.20. The Hall–Kier alpha value is -3.87. The standard InChI is InChI=1S/C24H27N5O2/c1-18-8-13-22(26-16-18)28-23(30)14-15-25-24(31)27-20-9-11-21(12-10-20)29(2)17-19-6-4-3-5-7-19/h3-13,16H,14-15,17H2,1-2H3,(H2,25,27,31)(H,26,28,30). The molecule has 0 saturated heterocycles. The highest BCUT2D eigenvalue weighted by Crippen LogP contribution is 2.18. The van der Waals surface area contributed by atoms with Gasteiger partial charge in [0.15, 0.2) is 0 Å². The quantitative estimate of drug-likeness (QED) is 0.513. The highest BCUT2D eigenvalue weighted by molar-refractivity contribution is 5.92. The van der Waals surface area contributed by atoms with Gasteiger partial charge in [-0.05, 0) is 48.4 Å². The molecule has 0 atom stereocenters. The zero-order chi connectivity index (χ0) is 22.1. The average Bonchev–Trinajstić information content (AvgIpc) is 2.76. The molecule has 1 heterocycles. The van der Waals surface area contributed by atoms with Crippen LogP contribution in [0, 0.1) is 6.92 Å². The number of urea groups is 1. The lowest BCUT2D eigenvalue weighted by molar-refractivity contribution is -0.116. The smallest absolute Gasteiger partial charge is 0.319 e. The van der Waals surface area contributed by atoms with Gasteiger partial charge in [-0.2, -0.15) is 0 Å². The van der Waals surface area contributed by atoms with Gasteiger partial charge in [-0.15, -0.1) is 0 Å². The van der Waals surface area contributed by atoms with E-state index >= 15 is 0 Å². The van der Waals surface area contributed by atoms with Crippen LogP contribution in [0.5, 0.6) is 0 Å². The van der Waals surface area contributed by atoms with Crippen molar-refractivity contribution in [2.45, 2.75) is 19.9 Å². The second-order valence-corrected chi connectivity index (χ2v) is 7.29. The Morgan fingerprint density at radius 2 is 1.68 bits per heavy atom. The van der Waals surface area contributed by atoms with Gasteiger partial charge >= 0.3 is 6.03 Å². The van der Waals surface area contributed by atoms with Crippen LogP contribution < -0.4 is 20.9 Å². The van der Waals surface area contributed by atoms with Crippen molar-refractivity contribution in [1.82, 2.24) is 10.3 Å². The molecule has 7 heteroatoms. The summed E-state index contributed by atoms with van der Waals surface area (Å²) in [4.78, 5) is 30.3. The molecule has 0 bridgehead atoms. The van der Waals surface area contributed by atoms with Gasteiger partial charge in [-0.1, -0.05) is 36.4 Å². The molecule has 31 heavy (non-hydrogen) atoms. The molecule has 0 aliphatic carbocycles. The topological polar surface area (TPSA) is 86.4 Å². The van der Waals surface area contributed by atoms with E-state index < -0.39 is 0 Å². The van der Waals surface area contributed by atoms with Crippen molar-refractivity contribution in [2.24, 2.45) is 0 Å². The fraction of sp³-hybridized carbons (Fsp3) is 0.208. The number of benzene rings is 2. The Bertz CT molecular complexity index is 989. The van der Waals surface area contributed by atoms with Gasteiger partial charge in [0, 0.05) is 44.1 Å². The molecule has 0 unspecified atom stereocenters. The van der Waals surface area contributed by atoms with E-state index in [9.17, 15) is 9.59 Å². The molecule has 3 amide bonds. The third-order valence-corrected chi connectivity index (χ3v) is 4.64. The van der Waals surface area contributed by atoms with E-state index in [2.05, 4.69) is 38.0 Å². The summed E-state index contributed by atoms with van der Waals surface area (Å²) in [7, 11) is 2.03. The predicted octanol–water partition coefficient (Wildman–Crippen LogP) is 4.18. The number of aromatic nitrogens is 1. The molecule has 1 aromatic heterocycles. The first-order chi connectivity index (χ1) is 15.0. The first-order valence-electron chi connectivity index (χ1n) is 10.1. The second kappa shape index (κ2) is 10.8. The van der Waals surface area contributed by atoms with Crippen LogP contribution in [0.2, 0.25) is 0 Å². The molecule has 0 aliphatic rings. The fourth-order valence-corrected chi connectivity index (χ4v) is 2.96. The molecule has 160 valence electrons. The van der Waals surface area contributed by atoms with Gasteiger partial charge in [0.05, 0.1) is 0 Å². The molecule has 3 rings (SSSR count). The number of nitrogens with one attached hydrogen (secondary N) is 3. The van der Waals surface area contributed by atoms with Crippen LogP contribution in [-0.2, 0) is 11.3 Å². The van der Waals surface area contributed by atoms with Crippen LogP contribution in [-0.4, -0.2) is 30.5 Å². The number of hydrogen-bond donors (Lipinski definition) is 3. The molecular formula is C24H27N5O2. The number of aryl methyl sites for hydroxylation is 1. The predicted molar refractivity (Wildman–Crippen MR) is 124 cm³/mol.